The summed E-state index contributed by atoms with van der Waals surface area (Å²) in [7, 11) is -4.27. The Bertz CT molecular complexity index is 980. The molecule has 0 saturated heterocycles. The monoisotopic (exact) mass is 845 g/mol. The van der Waals surface area contributed by atoms with Gasteiger partial charge in [0.1, 0.15) is 12.4 Å². The molecule has 1 aromatic rings. The average molecular weight is 845 g/mol. The number of halogens is 4. The topological polar surface area (TPSA) is 147 Å². The lowest BCUT2D eigenvalue weighted by Gasteiger charge is -2.13. The third kappa shape index (κ3) is 7.41. The number of nitrogens with one attached hydrogen (secondary N) is 1. The molecule has 1 amide bonds. The lowest BCUT2D eigenvalue weighted by Crippen LogP contribution is -2.25. The van der Waals surface area contributed by atoms with Crippen molar-refractivity contribution in [3.63, 3.8) is 0 Å². The minimum Gasteiger partial charge on any atom is -0.478 e. The van der Waals surface area contributed by atoms with Crippen molar-refractivity contribution in [2.75, 3.05) is 12.4 Å². The molecule has 146 valence electrons. The Labute approximate surface area is 208 Å². The smallest absolute Gasteiger partial charge is 0.386 e. The number of hydrogen-bond acceptors (Lipinski definition) is 6. The summed E-state index contributed by atoms with van der Waals surface area (Å²) < 4.78 is 36.1. The van der Waals surface area contributed by atoms with Crippen molar-refractivity contribution in [1.82, 2.24) is 5.32 Å². The molecule has 0 aliphatic carbocycles. The summed E-state index contributed by atoms with van der Waals surface area (Å²) in [6.07, 6.45) is 0. The first-order valence-electron chi connectivity index (χ1n) is 6.39. The summed E-state index contributed by atoms with van der Waals surface area (Å²) >= 11 is 7.66. The van der Waals surface area contributed by atoms with E-state index >= 15 is 0 Å². The number of ether oxygens (including phenoxy) is 1. The number of amides is 1. The molecule has 14 heteroatoms. The number of aromatic carboxylic acids is 1. The van der Waals surface area contributed by atoms with Crippen molar-refractivity contribution < 1.29 is 37.2 Å². The van der Waals surface area contributed by atoms with Crippen molar-refractivity contribution in [2.24, 2.45) is 0 Å². The van der Waals surface area contributed by atoms with Crippen LogP contribution in [-0.2, 0) is 19.6 Å². The maximum atomic E-state index is 12.4. The van der Waals surface area contributed by atoms with Crippen molar-refractivity contribution >= 4 is 118 Å². The minimum atomic E-state index is -4.27. The van der Waals surface area contributed by atoms with Crippen LogP contribution in [0.2, 0.25) is 0 Å². The second kappa shape index (κ2) is 10.7. The number of carboxylic acids is 1. The SMILES string of the molecule is O=C(C#CNC(=O)c1c(I)c(I)c(I)c(I)c1C(=O)O)OCCS(=O)(=O)O. The highest BCUT2D eigenvalue weighted by Crippen LogP contribution is 2.32. The Balaban J connectivity index is 3.00. The van der Waals surface area contributed by atoms with Crippen molar-refractivity contribution in [3.05, 3.63) is 25.4 Å². The molecule has 27 heavy (non-hydrogen) atoms. The van der Waals surface area contributed by atoms with Gasteiger partial charge in [-0.05, 0) is 90.4 Å². The molecule has 0 aliphatic rings. The molecule has 0 radical (unpaired) electrons. The van der Waals surface area contributed by atoms with Gasteiger partial charge < -0.3 is 9.84 Å². The largest absolute Gasteiger partial charge is 0.478 e. The molecule has 0 spiro atoms. The van der Waals surface area contributed by atoms with E-state index in [0.29, 0.717) is 14.3 Å². The van der Waals surface area contributed by atoms with Gasteiger partial charge in [0.25, 0.3) is 16.0 Å². The first-order chi connectivity index (χ1) is 12.4. The Morgan fingerprint density at radius 1 is 1.00 bits per heavy atom. The maximum Gasteiger partial charge on any atom is 0.386 e. The van der Waals surface area contributed by atoms with Crippen LogP contribution in [0.5, 0.6) is 0 Å². The van der Waals surface area contributed by atoms with Gasteiger partial charge in [0.15, 0.2) is 0 Å². The Kier molecular flexibility index (Phi) is 9.93. The van der Waals surface area contributed by atoms with Gasteiger partial charge in [-0.25, -0.2) is 9.59 Å². The number of carbonyl (C=O) groups excluding carboxylic acids is 2. The van der Waals surface area contributed by atoms with E-state index < -0.39 is 40.3 Å². The number of carboxylic acid groups (broad SMARTS) is 1. The van der Waals surface area contributed by atoms with Gasteiger partial charge in [0.05, 0.1) is 11.1 Å². The summed E-state index contributed by atoms with van der Waals surface area (Å²) in [4.78, 5) is 35.3. The van der Waals surface area contributed by atoms with Crippen molar-refractivity contribution in [2.45, 2.75) is 0 Å². The van der Waals surface area contributed by atoms with Crippen LogP contribution < -0.4 is 5.32 Å². The molecular weight excluding hydrogens is 838 g/mol. The predicted octanol–water partition coefficient (Wildman–Crippen LogP) is 1.92. The predicted molar refractivity (Wildman–Crippen MR) is 127 cm³/mol. The molecule has 9 nitrogen and oxygen atoms in total. The fourth-order valence-electron chi connectivity index (χ4n) is 1.52. The highest BCUT2D eigenvalue weighted by Gasteiger charge is 2.27. The summed E-state index contributed by atoms with van der Waals surface area (Å²) in [5.74, 6) is -2.11. The van der Waals surface area contributed by atoms with Gasteiger partial charge in [0.2, 0.25) is 0 Å². The van der Waals surface area contributed by atoms with Crippen LogP contribution in [-0.4, -0.2) is 48.3 Å². The number of carbonyl (C=O) groups is 3. The molecule has 3 N–H and O–H groups in total. The standard InChI is InChI=1S/C13H7I4NO8S/c14-8-6(7(13(21)22)9(15)11(17)10(8)16)12(20)18-2-1-5(19)26-3-4-27(23,24)25/h3-4H2,(H,18,20)(H,21,22)(H,23,24,25). The van der Waals surface area contributed by atoms with E-state index in [9.17, 15) is 27.9 Å². The third-order valence-electron chi connectivity index (χ3n) is 2.62. The molecule has 0 heterocycles. The number of hydrogen-bond donors (Lipinski definition) is 3. The van der Waals surface area contributed by atoms with E-state index in [2.05, 4.69) is 10.1 Å². The summed E-state index contributed by atoms with van der Waals surface area (Å²) in [6.45, 7) is -0.602. The number of esters is 1. The lowest BCUT2D eigenvalue weighted by molar-refractivity contribution is -0.136. The molecule has 0 saturated carbocycles. The second-order valence-electron chi connectivity index (χ2n) is 4.44. The van der Waals surface area contributed by atoms with Crippen LogP contribution in [0.3, 0.4) is 0 Å². The van der Waals surface area contributed by atoms with Crippen LogP contribution in [0.15, 0.2) is 0 Å². The van der Waals surface area contributed by atoms with Gasteiger partial charge in [-0.15, -0.1) is 0 Å². The van der Waals surface area contributed by atoms with Gasteiger partial charge >= 0.3 is 11.9 Å². The fraction of sp³-hybridized carbons (Fsp3) is 0.154. The Hall–Kier alpha value is 0.0200. The zero-order valence-corrected chi connectivity index (χ0v) is 22.1. The first kappa shape index (κ1) is 25.1. The molecule has 1 aromatic carbocycles. The highest BCUT2D eigenvalue weighted by atomic mass is 127. The van der Waals surface area contributed by atoms with E-state index in [1.54, 1.807) is 0 Å². The molecular formula is C13H7I4NO8S. The zero-order valence-electron chi connectivity index (χ0n) is 12.7. The van der Waals surface area contributed by atoms with Gasteiger partial charge in [-0.2, -0.15) is 8.42 Å². The van der Waals surface area contributed by atoms with Crippen molar-refractivity contribution in [1.29, 1.82) is 0 Å². The van der Waals surface area contributed by atoms with Crippen LogP contribution >= 0.6 is 90.4 Å². The van der Waals surface area contributed by atoms with Gasteiger partial charge in [-0.3, -0.25) is 14.7 Å². The fourth-order valence-corrected chi connectivity index (χ4v) is 5.48. The maximum absolute atomic E-state index is 12.4. The molecule has 0 bridgehead atoms. The van der Waals surface area contributed by atoms with E-state index in [1.807, 2.05) is 102 Å². The molecule has 0 fully saturated rings. The highest BCUT2D eigenvalue weighted by molar-refractivity contribution is 14.1. The number of benzene rings is 1. The Morgan fingerprint density at radius 2 is 1.52 bits per heavy atom. The first-order valence-corrected chi connectivity index (χ1v) is 12.3. The average Bonchev–Trinajstić information content (AvgIpc) is 2.54. The van der Waals surface area contributed by atoms with E-state index in [1.165, 1.54) is 0 Å². The van der Waals surface area contributed by atoms with Crippen LogP contribution in [0.1, 0.15) is 20.7 Å². The summed E-state index contributed by atoms with van der Waals surface area (Å²) in [6, 6.07) is 2.04. The quantitative estimate of drug-likeness (QED) is 0.0776. The molecule has 0 aromatic heterocycles. The van der Waals surface area contributed by atoms with E-state index in [0.717, 1.165) is 0 Å². The molecule has 0 aliphatic heterocycles. The van der Waals surface area contributed by atoms with E-state index in [4.69, 9.17) is 4.55 Å². The molecule has 0 atom stereocenters. The normalized spacial score (nSPS) is 10.6. The van der Waals surface area contributed by atoms with Crippen LogP contribution in [0, 0.1) is 26.2 Å². The Morgan fingerprint density at radius 3 is 2.00 bits per heavy atom. The molecule has 0 unspecified atom stereocenters. The number of rotatable bonds is 5. The zero-order chi connectivity index (χ0) is 20.9. The minimum absolute atomic E-state index is 0.0913. The van der Waals surface area contributed by atoms with Gasteiger partial charge in [0, 0.05) is 26.2 Å². The van der Waals surface area contributed by atoms with Crippen LogP contribution in [0.25, 0.3) is 0 Å². The third-order valence-corrected chi connectivity index (χ3v) is 10.7. The summed E-state index contributed by atoms with van der Waals surface area (Å²) in [5.41, 5.74) is -0.272. The summed E-state index contributed by atoms with van der Waals surface area (Å²) in [5, 5.41) is 11.5. The molecule has 1 rings (SSSR count). The van der Waals surface area contributed by atoms with E-state index in [-0.39, 0.29) is 11.1 Å². The second-order valence-corrected chi connectivity index (χ2v) is 10.3. The van der Waals surface area contributed by atoms with Crippen molar-refractivity contribution in [3.8, 4) is 12.0 Å². The van der Waals surface area contributed by atoms with Crippen LogP contribution in [0.4, 0.5) is 0 Å². The van der Waals surface area contributed by atoms with Gasteiger partial charge in [-0.1, -0.05) is 0 Å². The lowest BCUT2D eigenvalue weighted by atomic mass is 10.1.